The number of carbonyl (C=O) groups excluding carboxylic acids is 1. The molecular weight excluding hydrogens is 260 g/mol. The number of hydrogen-bond donors (Lipinski definition) is 0. The second kappa shape index (κ2) is 7.39. The monoisotopic (exact) mass is 280 g/mol. The second-order valence-electron chi connectivity index (χ2n) is 5.07. The zero-order valence-corrected chi connectivity index (χ0v) is 12.5. The average Bonchev–Trinajstić information content (AvgIpc) is 2.50. The Morgan fingerprint density at radius 2 is 1.76 bits per heavy atom. The molecule has 3 heteroatoms. The summed E-state index contributed by atoms with van der Waals surface area (Å²) in [5, 5.41) is 6.38. The Hall–Kier alpha value is -2.42. The first-order valence-electron chi connectivity index (χ1n) is 7.08. The highest BCUT2D eigenvalue weighted by atomic mass is 16.1. The van der Waals surface area contributed by atoms with E-state index in [0.717, 1.165) is 11.3 Å². The van der Waals surface area contributed by atoms with Crippen molar-refractivity contribution in [1.29, 1.82) is 0 Å². The molecule has 0 N–H and O–H groups in total. The summed E-state index contributed by atoms with van der Waals surface area (Å²) in [5.74, 6) is 0.168. The Kier molecular flexibility index (Phi) is 5.27. The number of rotatable bonds is 6. The van der Waals surface area contributed by atoms with Crippen LogP contribution in [-0.2, 0) is 4.79 Å². The fourth-order valence-corrected chi connectivity index (χ4v) is 1.91. The van der Waals surface area contributed by atoms with Gasteiger partial charge in [0.2, 0.25) is 0 Å². The molecule has 0 amide bonds. The Bertz CT molecular complexity index is 603. The normalized spacial score (nSPS) is 10.8. The molecule has 0 bridgehead atoms. The summed E-state index contributed by atoms with van der Waals surface area (Å²) >= 11 is 0. The zero-order valence-electron chi connectivity index (χ0n) is 12.5. The molecular formula is C18H20N2O. The molecule has 2 aromatic rings. The lowest BCUT2D eigenvalue weighted by Gasteiger charge is -2.18. The molecule has 2 rings (SSSR count). The van der Waals surface area contributed by atoms with Crippen molar-refractivity contribution in [2.75, 3.05) is 11.6 Å². The lowest BCUT2D eigenvalue weighted by molar-refractivity contribution is -0.116. The molecule has 0 aliphatic heterocycles. The third-order valence-corrected chi connectivity index (χ3v) is 3.15. The number of Topliss-reactive ketones (excluding diaryl/α,β-unsaturated/α-hetero) is 1. The summed E-state index contributed by atoms with van der Waals surface area (Å²) in [6.07, 6.45) is 2.31. The van der Waals surface area contributed by atoms with Gasteiger partial charge in [0.1, 0.15) is 5.78 Å². The molecule has 0 fully saturated rings. The quantitative estimate of drug-likeness (QED) is 0.595. The van der Waals surface area contributed by atoms with Crippen molar-refractivity contribution >= 4 is 17.7 Å². The van der Waals surface area contributed by atoms with Crippen molar-refractivity contribution in [1.82, 2.24) is 0 Å². The summed E-state index contributed by atoms with van der Waals surface area (Å²) in [7, 11) is 0. The first-order chi connectivity index (χ1) is 10.1. The van der Waals surface area contributed by atoms with Gasteiger partial charge < -0.3 is 0 Å². The molecule has 0 unspecified atom stereocenters. The van der Waals surface area contributed by atoms with Gasteiger partial charge in [-0.2, -0.15) is 5.10 Å². The van der Waals surface area contributed by atoms with Crippen molar-refractivity contribution < 1.29 is 4.79 Å². The van der Waals surface area contributed by atoms with Crippen LogP contribution < -0.4 is 5.01 Å². The van der Waals surface area contributed by atoms with Crippen molar-refractivity contribution in [3.8, 4) is 0 Å². The highest BCUT2D eigenvalue weighted by Gasteiger charge is 2.05. The van der Waals surface area contributed by atoms with Gasteiger partial charge in [0.25, 0.3) is 0 Å². The molecule has 0 radical (unpaired) electrons. The lowest BCUT2D eigenvalue weighted by Crippen LogP contribution is -2.19. The molecule has 0 saturated carbocycles. The number of hydrazone groups is 1. The van der Waals surface area contributed by atoms with Gasteiger partial charge in [0.05, 0.1) is 11.9 Å². The Labute approximate surface area is 125 Å². The number of carbonyl (C=O) groups is 1. The molecule has 108 valence electrons. The predicted molar refractivity (Wildman–Crippen MR) is 87.9 cm³/mol. The number of ketones is 1. The van der Waals surface area contributed by atoms with E-state index >= 15 is 0 Å². The summed E-state index contributed by atoms with van der Waals surface area (Å²) in [6.45, 7) is 4.25. The lowest BCUT2D eigenvalue weighted by atomic mass is 10.2. The number of anilines is 1. The second-order valence-corrected chi connectivity index (χ2v) is 5.07. The van der Waals surface area contributed by atoms with Gasteiger partial charge in [0, 0.05) is 13.0 Å². The molecule has 0 heterocycles. The average molecular weight is 280 g/mol. The number of hydrogen-bond acceptors (Lipinski definition) is 3. The van der Waals surface area contributed by atoms with Gasteiger partial charge in [-0.3, -0.25) is 9.80 Å². The third kappa shape index (κ3) is 4.88. The van der Waals surface area contributed by atoms with Crippen LogP contribution in [0.15, 0.2) is 59.7 Å². The van der Waals surface area contributed by atoms with Crippen molar-refractivity contribution in [3.63, 3.8) is 0 Å². The Balaban J connectivity index is 2.15. The highest BCUT2D eigenvalue weighted by Crippen LogP contribution is 2.14. The smallest absolute Gasteiger partial charge is 0.131 e. The van der Waals surface area contributed by atoms with E-state index in [1.807, 2.05) is 53.7 Å². The largest absolute Gasteiger partial charge is 0.300 e. The number of para-hydroxylation sites is 1. The predicted octanol–water partition coefficient (Wildman–Crippen LogP) is 3.81. The minimum atomic E-state index is 0.168. The van der Waals surface area contributed by atoms with E-state index in [9.17, 15) is 4.79 Å². The van der Waals surface area contributed by atoms with E-state index in [1.165, 1.54) is 5.56 Å². The van der Waals surface area contributed by atoms with Gasteiger partial charge in [-0.05, 0) is 31.5 Å². The van der Waals surface area contributed by atoms with Crippen molar-refractivity contribution in [3.05, 3.63) is 65.7 Å². The van der Waals surface area contributed by atoms with Crippen LogP contribution in [0.1, 0.15) is 24.5 Å². The minimum absolute atomic E-state index is 0.168. The molecule has 0 aliphatic carbocycles. The molecule has 3 nitrogen and oxygen atoms in total. The summed E-state index contributed by atoms with van der Waals surface area (Å²) in [5.41, 5.74) is 3.26. The van der Waals surface area contributed by atoms with E-state index in [0.29, 0.717) is 13.0 Å². The first kappa shape index (κ1) is 15.0. The fraction of sp³-hybridized carbons (Fsp3) is 0.222. The SMILES string of the molecule is CC(=O)CCN(/N=C/c1ccc(C)cc1)c1ccccc1. The zero-order chi connectivity index (χ0) is 15.1. The molecule has 0 spiro atoms. The minimum Gasteiger partial charge on any atom is -0.300 e. The standard InChI is InChI=1S/C18H20N2O/c1-15-8-10-17(11-9-15)14-19-20(13-12-16(2)21)18-6-4-3-5-7-18/h3-11,14H,12-13H2,1-2H3/b19-14+. The van der Waals surface area contributed by atoms with Crippen LogP contribution in [0.4, 0.5) is 5.69 Å². The van der Waals surface area contributed by atoms with Crippen LogP contribution in [0.25, 0.3) is 0 Å². The number of aryl methyl sites for hydroxylation is 1. The fourth-order valence-electron chi connectivity index (χ4n) is 1.91. The van der Waals surface area contributed by atoms with E-state index in [-0.39, 0.29) is 5.78 Å². The summed E-state index contributed by atoms with van der Waals surface area (Å²) < 4.78 is 0. The van der Waals surface area contributed by atoms with Crippen LogP contribution in [0.5, 0.6) is 0 Å². The third-order valence-electron chi connectivity index (χ3n) is 3.15. The molecule has 0 saturated heterocycles. The van der Waals surface area contributed by atoms with Crippen molar-refractivity contribution in [2.24, 2.45) is 5.10 Å². The summed E-state index contributed by atoms with van der Waals surface area (Å²) in [6, 6.07) is 18.1. The Morgan fingerprint density at radius 1 is 1.10 bits per heavy atom. The van der Waals surface area contributed by atoms with E-state index in [4.69, 9.17) is 0 Å². The van der Waals surface area contributed by atoms with Gasteiger partial charge in [-0.15, -0.1) is 0 Å². The van der Waals surface area contributed by atoms with E-state index in [1.54, 1.807) is 6.92 Å². The first-order valence-corrected chi connectivity index (χ1v) is 7.08. The van der Waals surface area contributed by atoms with Gasteiger partial charge in [-0.1, -0.05) is 48.0 Å². The molecule has 0 aliphatic rings. The molecule has 0 aromatic heterocycles. The van der Waals surface area contributed by atoms with Gasteiger partial charge in [0.15, 0.2) is 0 Å². The maximum absolute atomic E-state index is 11.2. The molecule has 2 aromatic carbocycles. The topological polar surface area (TPSA) is 32.7 Å². The van der Waals surface area contributed by atoms with E-state index in [2.05, 4.69) is 24.2 Å². The maximum Gasteiger partial charge on any atom is 0.131 e. The van der Waals surface area contributed by atoms with Crippen LogP contribution in [0.3, 0.4) is 0 Å². The van der Waals surface area contributed by atoms with Crippen LogP contribution in [0.2, 0.25) is 0 Å². The van der Waals surface area contributed by atoms with Gasteiger partial charge >= 0.3 is 0 Å². The highest BCUT2D eigenvalue weighted by molar-refractivity contribution is 5.80. The van der Waals surface area contributed by atoms with Crippen LogP contribution >= 0.6 is 0 Å². The van der Waals surface area contributed by atoms with Gasteiger partial charge in [-0.25, -0.2) is 0 Å². The molecule has 21 heavy (non-hydrogen) atoms. The number of nitrogens with zero attached hydrogens (tertiary/aromatic N) is 2. The maximum atomic E-state index is 11.2. The van der Waals surface area contributed by atoms with Crippen LogP contribution in [-0.4, -0.2) is 18.5 Å². The van der Waals surface area contributed by atoms with Crippen LogP contribution in [0, 0.1) is 6.92 Å². The molecule has 0 atom stereocenters. The van der Waals surface area contributed by atoms with E-state index < -0.39 is 0 Å². The summed E-state index contributed by atoms with van der Waals surface area (Å²) in [4.78, 5) is 11.2. The Morgan fingerprint density at radius 3 is 2.38 bits per heavy atom. The number of benzene rings is 2. The van der Waals surface area contributed by atoms with Crippen molar-refractivity contribution in [2.45, 2.75) is 20.3 Å².